The monoisotopic (exact) mass is 171 g/mol. The van der Waals surface area contributed by atoms with E-state index in [1.807, 2.05) is 6.92 Å². The van der Waals surface area contributed by atoms with Crippen molar-refractivity contribution in [3.05, 3.63) is 12.7 Å². The average Bonchev–Trinajstić information content (AvgIpc) is 2.10. The number of aliphatic hydroxyl groups excluding tert-OH is 1. The van der Waals surface area contributed by atoms with Gasteiger partial charge >= 0.3 is 5.97 Å². The summed E-state index contributed by atoms with van der Waals surface area (Å²) in [7, 11) is 0. The van der Waals surface area contributed by atoms with Gasteiger partial charge in [-0.2, -0.15) is 0 Å². The standard InChI is InChI=1S/C8H13NO3/c1-3-8(2)5-12-7(11)6(4-10)9-8/h3,6,9-10H,1,4-5H2,2H3. The maximum atomic E-state index is 11.0. The number of rotatable bonds is 2. The van der Waals surface area contributed by atoms with Crippen LogP contribution in [0.5, 0.6) is 0 Å². The van der Waals surface area contributed by atoms with Crippen LogP contribution in [0, 0.1) is 0 Å². The normalized spacial score (nSPS) is 35.8. The van der Waals surface area contributed by atoms with Crippen LogP contribution >= 0.6 is 0 Å². The van der Waals surface area contributed by atoms with Crippen molar-refractivity contribution in [3.8, 4) is 0 Å². The highest BCUT2D eigenvalue weighted by Gasteiger charge is 2.35. The Bertz CT molecular complexity index is 204. The molecule has 0 aromatic rings. The van der Waals surface area contributed by atoms with E-state index in [9.17, 15) is 4.79 Å². The van der Waals surface area contributed by atoms with Crippen LogP contribution in [0.15, 0.2) is 12.7 Å². The van der Waals surface area contributed by atoms with Gasteiger partial charge in [-0.3, -0.25) is 10.1 Å². The molecular weight excluding hydrogens is 158 g/mol. The fourth-order valence-electron chi connectivity index (χ4n) is 1.06. The Morgan fingerprint density at radius 3 is 3.17 bits per heavy atom. The number of ether oxygens (including phenoxy) is 1. The number of aliphatic hydroxyl groups is 1. The number of hydrogen-bond acceptors (Lipinski definition) is 4. The lowest BCUT2D eigenvalue weighted by molar-refractivity contribution is -0.154. The number of cyclic esters (lactones) is 1. The van der Waals surface area contributed by atoms with Gasteiger partial charge in [0.1, 0.15) is 12.6 Å². The molecule has 0 saturated carbocycles. The van der Waals surface area contributed by atoms with Gasteiger partial charge in [0.15, 0.2) is 0 Å². The number of carbonyl (C=O) groups is 1. The molecule has 68 valence electrons. The molecule has 2 atom stereocenters. The maximum absolute atomic E-state index is 11.0. The molecule has 0 spiro atoms. The summed E-state index contributed by atoms with van der Waals surface area (Å²) in [6, 6.07) is -0.623. The minimum absolute atomic E-state index is 0.248. The molecule has 0 radical (unpaired) electrons. The largest absolute Gasteiger partial charge is 0.462 e. The van der Waals surface area contributed by atoms with Crippen molar-refractivity contribution in [3.63, 3.8) is 0 Å². The fraction of sp³-hybridized carbons (Fsp3) is 0.625. The number of carbonyl (C=O) groups excluding carboxylic acids is 1. The van der Waals surface area contributed by atoms with Crippen molar-refractivity contribution in [2.75, 3.05) is 13.2 Å². The minimum Gasteiger partial charge on any atom is -0.462 e. The summed E-state index contributed by atoms with van der Waals surface area (Å²) in [4.78, 5) is 11.0. The molecule has 4 nitrogen and oxygen atoms in total. The predicted molar refractivity (Wildman–Crippen MR) is 43.6 cm³/mol. The zero-order valence-electron chi connectivity index (χ0n) is 7.04. The summed E-state index contributed by atoms with van der Waals surface area (Å²) in [5.74, 6) is -0.406. The van der Waals surface area contributed by atoms with E-state index in [4.69, 9.17) is 9.84 Å². The summed E-state index contributed by atoms with van der Waals surface area (Å²) in [6.45, 7) is 5.49. The number of morpholine rings is 1. The Kier molecular flexibility index (Phi) is 2.49. The first-order valence-corrected chi connectivity index (χ1v) is 3.80. The smallest absolute Gasteiger partial charge is 0.325 e. The molecule has 0 aromatic carbocycles. The van der Waals surface area contributed by atoms with Crippen molar-refractivity contribution in [2.45, 2.75) is 18.5 Å². The molecule has 1 rings (SSSR count). The van der Waals surface area contributed by atoms with Gasteiger partial charge < -0.3 is 9.84 Å². The first kappa shape index (κ1) is 9.22. The van der Waals surface area contributed by atoms with Crippen LogP contribution in [0.4, 0.5) is 0 Å². The Morgan fingerprint density at radius 2 is 2.67 bits per heavy atom. The first-order chi connectivity index (χ1) is 5.61. The molecular formula is C8H13NO3. The van der Waals surface area contributed by atoms with Crippen molar-refractivity contribution in [1.29, 1.82) is 0 Å². The Labute approximate surface area is 71.2 Å². The number of hydrogen-bond donors (Lipinski definition) is 2. The van der Waals surface area contributed by atoms with Crippen molar-refractivity contribution in [2.24, 2.45) is 0 Å². The highest BCUT2D eigenvalue weighted by molar-refractivity contribution is 5.77. The van der Waals surface area contributed by atoms with Crippen LogP contribution in [-0.2, 0) is 9.53 Å². The van der Waals surface area contributed by atoms with E-state index in [1.165, 1.54) is 0 Å². The van der Waals surface area contributed by atoms with E-state index in [0.29, 0.717) is 0 Å². The van der Waals surface area contributed by atoms with Crippen molar-refractivity contribution in [1.82, 2.24) is 5.32 Å². The Balaban J connectivity index is 2.67. The summed E-state index contributed by atoms with van der Waals surface area (Å²) in [6.07, 6.45) is 1.67. The van der Waals surface area contributed by atoms with Gasteiger partial charge in [-0.1, -0.05) is 6.08 Å². The van der Waals surface area contributed by atoms with E-state index in [-0.39, 0.29) is 13.2 Å². The number of esters is 1. The van der Waals surface area contributed by atoms with Crippen LogP contribution in [0.2, 0.25) is 0 Å². The highest BCUT2D eigenvalue weighted by Crippen LogP contribution is 2.13. The summed E-state index contributed by atoms with van der Waals surface area (Å²) in [5, 5.41) is 11.7. The van der Waals surface area contributed by atoms with Gasteiger partial charge in [0.05, 0.1) is 12.1 Å². The molecule has 0 bridgehead atoms. The third-order valence-corrected chi connectivity index (χ3v) is 1.94. The summed E-state index contributed by atoms with van der Waals surface area (Å²) in [5.41, 5.74) is -0.415. The zero-order valence-corrected chi connectivity index (χ0v) is 7.04. The molecule has 1 aliphatic rings. The average molecular weight is 171 g/mol. The zero-order chi connectivity index (χ0) is 9.19. The van der Waals surface area contributed by atoms with Crippen LogP contribution in [0.25, 0.3) is 0 Å². The van der Waals surface area contributed by atoms with Gasteiger partial charge in [-0.25, -0.2) is 0 Å². The van der Waals surface area contributed by atoms with Gasteiger partial charge in [-0.05, 0) is 6.92 Å². The maximum Gasteiger partial charge on any atom is 0.325 e. The molecule has 2 unspecified atom stereocenters. The van der Waals surface area contributed by atoms with Crippen LogP contribution in [-0.4, -0.2) is 35.9 Å². The van der Waals surface area contributed by atoms with Crippen LogP contribution in [0.3, 0.4) is 0 Å². The summed E-state index contributed by atoms with van der Waals surface area (Å²) < 4.78 is 4.86. The van der Waals surface area contributed by atoms with E-state index in [0.717, 1.165) is 0 Å². The lowest BCUT2D eigenvalue weighted by atomic mass is 10.0. The molecule has 0 amide bonds. The number of nitrogens with one attached hydrogen (secondary N) is 1. The third-order valence-electron chi connectivity index (χ3n) is 1.94. The predicted octanol–water partition coefficient (Wildman–Crippen LogP) is -0.562. The van der Waals surface area contributed by atoms with Gasteiger partial charge in [-0.15, -0.1) is 6.58 Å². The second kappa shape index (κ2) is 3.25. The first-order valence-electron chi connectivity index (χ1n) is 3.80. The van der Waals surface area contributed by atoms with Gasteiger partial charge in [0.25, 0.3) is 0 Å². The second-order valence-corrected chi connectivity index (χ2v) is 3.11. The van der Waals surface area contributed by atoms with Crippen molar-refractivity contribution >= 4 is 5.97 Å². The SMILES string of the molecule is C=CC1(C)COC(=O)C(CO)N1. The van der Waals surface area contributed by atoms with Crippen LogP contribution < -0.4 is 5.32 Å². The second-order valence-electron chi connectivity index (χ2n) is 3.11. The molecule has 1 heterocycles. The lowest BCUT2D eigenvalue weighted by Crippen LogP contribution is -2.59. The van der Waals surface area contributed by atoms with Gasteiger partial charge in [0, 0.05) is 0 Å². The Hall–Kier alpha value is -0.870. The lowest BCUT2D eigenvalue weighted by Gasteiger charge is -2.35. The molecule has 1 fully saturated rings. The Morgan fingerprint density at radius 1 is 2.00 bits per heavy atom. The third kappa shape index (κ3) is 1.65. The molecule has 1 saturated heterocycles. The van der Waals surface area contributed by atoms with Gasteiger partial charge in [0.2, 0.25) is 0 Å². The molecule has 0 aromatic heterocycles. The summed E-state index contributed by atoms with van der Waals surface area (Å²) >= 11 is 0. The topological polar surface area (TPSA) is 58.6 Å². The quantitative estimate of drug-likeness (QED) is 0.432. The van der Waals surface area contributed by atoms with Crippen molar-refractivity contribution < 1.29 is 14.6 Å². The van der Waals surface area contributed by atoms with Crippen LogP contribution in [0.1, 0.15) is 6.92 Å². The molecule has 4 heteroatoms. The highest BCUT2D eigenvalue weighted by atomic mass is 16.5. The molecule has 0 aliphatic carbocycles. The molecule has 1 aliphatic heterocycles. The minimum atomic E-state index is -0.623. The molecule has 12 heavy (non-hydrogen) atoms. The van der Waals surface area contributed by atoms with E-state index in [1.54, 1.807) is 6.08 Å². The van der Waals surface area contributed by atoms with E-state index < -0.39 is 17.6 Å². The molecule has 2 N–H and O–H groups in total. The van der Waals surface area contributed by atoms with E-state index in [2.05, 4.69) is 11.9 Å². The van der Waals surface area contributed by atoms with E-state index >= 15 is 0 Å². The fourth-order valence-corrected chi connectivity index (χ4v) is 1.06.